The van der Waals surface area contributed by atoms with Crippen LogP contribution in [0.3, 0.4) is 0 Å². The molecule has 0 rings (SSSR count). The van der Waals surface area contributed by atoms with Crippen LogP contribution in [0.25, 0.3) is 0 Å². The van der Waals surface area contributed by atoms with Gasteiger partial charge >= 0.3 is 0 Å². The zero-order valence-electron chi connectivity index (χ0n) is 12.2. The third-order valence-electron chi connectivity index (χ3n) is 2.72. The first-order chi connectivity index (χ1) is 8.56. The Morgan fingerprint density at radius 2 is 1.44 bits per heavy atom. The Morgan fingerprint density at radius 3 is 2.00 bits per heavy atom. The Balaban J connectivity index is 3.82. The summed E-state index contributed by atoms with van der Waals surface area (Å²) < 4.78 is 4.63. The fourth-order valence-electron chi connectivity index (χ4n) is 1.57. The average Bonchev–Trinajstić information content (AvgIpc) is 2.29. The fraction of sp³-hybridized carbons (Fsp3) is 0.562. The van der Waals surface area contributed by atoms with Crippen molar-refractivity contribution < 1.29 is 9.53 Å². The van der Waals surface area contributed by atoms with Gasteiger partial charge < -0.3 is 4.74 Å². The van der Waals surface area contributed by atoms with Gasteiger partial charge in [0.25, 0.3) is 6.47 Å². The lowest BCUT2D eigenvalue weighted by Crippen LogP contribution is -1.88. The molecule has 2 nitrogen and oxygen atoms in total. The Kier molecular flexibility index (Phi) is 10.0. The lowest BCUT2D eigenvalue weighted by Gasteiger charge is -2.01. The molecular formula is C16H26O2. The Labute approximate surface area is 111 Å². The summed E-state index contributed by atoms with van der Waals surface area (Å²) in [6.07, 6.45) is 10.9. The molecule has 0 saturated carbocycles. The third-order valence-corrected chi connectivity index (χ3v) is 2.72. The van der Waals surface area contributed by atoms with Crippen molar-refractivity contribution in [2.45, 2.75) is 53.4 Å². The van der Waals surface area contributed by atoms with E-state index < -0.39 is 0 Å². The van der Waals surface area contributed by atoms with Gasteiger partial charge in [0.2, 0.25) is 0 Å². The quantitative estimate of drug-likeness (QED) is 0.340. The van der Waals surface area contributed by atoms with Crippen LogP contribution in [0.15, 0.2) is 34.9 Å². The van der Waals surface area contributed by atoms with Gasteiger partial charge in [0.05, 0.1) is 0 Å². The molecule has 0 unspecified atom stereocenters. The molecule has 102 valence electrons. The van der Waals surface area contributed by atoms with E-state index in [4.69, 9.17) is 0 Å². The van der Waals surface area contributed by atoms with Gasteiger partial charge in [-0.25, -0.2) is 0 Å². The van der Waals surface area contributed by atoms with Crippen LogP contribution in [-0.2, 0) is 9.53 Å². The van der Waals surface area contributed by atoms with Gasteiger partial charge in [0.1, 0.15) is 6.61 Å². The summed E-state index contributed by atoms with van der Waals surface area (Å²) in [7, 11) is 0. The van der Waals surface area contributed by atoms with E-state index >= 15 is 0 Å². The predicted molar refractivity (Wildman–Crippen MR) is 77.4 cm³/mol. The molecule has 0 aliphatic heterocycles. The molecule has 0 aliphatic carbocycles. The first-order valence-corrected chi connectivity index (χ1v) is 6.56. The summed E-state index contributed by atoms with van der Waals surface area (Å²) >= 11 is 0. The highest BCUT2D eigenvalue weighted by Crippen LogP contribution is 2.11. The molecule has 0 amide bonds. The second-order valence-corrected chi connectivity index (χ2v) is 4.89. The highest BCUT2D eigenvalue weighted by molar-refractivity contribution is 5.37. The van der Waals surface area contributed by atoms with Crippen LogP contribution in [0.4, 0.5) is 0 Å². The van der Waals surface area contributed by atoms with Crippen molar-refractivity contribution in [1.29, 1.82) is 0 Å². The van der Waals surface area contributed by atoms with Gasteiger partial charge in [-0.2, -0.15) is 0 Å². The van der Waals surface area contributed by atoms with Crippen LogP contribution < -0.4 is 0 Å². The van der Waals surface area contributed by atoms with Crippen LogP contribution in [0.2, 0.25) is 0 Å². The smallest absolute Gasteiger partial charge is 0.293 e. The van der Waals surface area contributed by atoms with Crippen LogP contribution in [0.5, 0.6) is 0 Å². The SMILES string of the molecule is CC(C)=CCCC(C)=CCC/C(C)=C/COC=O. The monoisotopic (exact) mass is 250 g/mol. The minimum absolute atomic E-state index is 0.388. The van der Waals surface area contributed by atoms with Gasteiger partial charge in [-0.3, -0.25) is 4.79 Å². The summed E-state index contributed by atoms with van der Waals surface area (Å²) in [4.78, 5) is 9.97. The van der Waals surface area contributed by atoms with Gasteiger partial charge in [-0.05, 0) is 59.5 Å². The Hall–Kier alpha value is -1.31. The zero-order chi connectivity index (χ0) is 13.8. The second-order valence-electron chi connectivity index (χ2n) is 4.89. The predicted octanol–water partition coefficient (Wildman–Crippen LogP) is 4.58. The van der Waals surface area contributed by atoms with Crippen LogP contribution in [0, 0.1) is 0 Å². The van der Waals surface area contributed by atoms with Crippen molar-refractivity contribution in [3.8, 4) is 0 Å². The van der Waals surface area contributed by atoms with Gasteiger partial charge in [-0.1, -0.05) is 28.9 Å². The van der Waals surface area contributed by atoms with E-state index in [9.17, 15) is 4.79 Å². The average molecular weight is 250 g/mol. The molecule has 0 saturated heterocycles. The summed E-state index contributed by atoms with van der Waals surface area (Å²) in [5.41, 5.74) is 4.10. The Morgan fingerprint density at radius 1 is 0.889 bits per heavy atom. The molecule has 0 fully saturated rings. The zero-order valence-corrected chi connectivity index (χ0v) is 12.2. The van der Waals surface area contributed by atoms with E-state index in [2.05, 4.69) is 44.6 Å². The van der Waals surface area contributed by atoms with Gasteiger partial charge in [0, 0.05) is 0 Å². The van der Waals surface area contributed by atoms with E-state index in [0.717, 1.165) is 25.7 Å². The highest BCUT2D eigenvalue weighted by Gasteiger charge is 1.92. The lowest BCUT2D eigenvalue weighted by molar-refractivity contribution is -0.127. The summed E-state index contributed by atoms with van der Waals surface area (Å²) in [5, 5.41) is 0. The summed E-state index contributed by atoms with van der Waals surface area (Å²) in [5.74, 6) is 0. The summed E-state index contributed by atoms with van der Waals surface area (Å²) in [6, 6.07) is 0. The summed E-state index contributed by atoms with van der Waals surface area (Å²) in [6.45, 7) is 9.40. The molecule has 2 heteroatoms. The van der Waals surface area contributed by atoms with Gasteiger partial charge in [-0.15, -0.1) is 0 Å². The molecule has 0 bridgehead atoms. The molecule has 0 N–H and O–H groups in total. The maximum absolute atomic E-state index is 9.97. The lowest BCUT2D eigenvalue weighted by atomic mass is 10.1. The first-order valence-electron chi connectivity index (χ1n) is 6.56. The van der Waals surface area contributed by atoms with Crippen molar-refractivity contribution in [3.05, 3.63) is 34.9 Å². The standard InChI is InChI=1S/C16H26O2/c1-14(2)7-5-8-15(3)9-6-10-16(4)11-12-18-13-17/h7,9,11,13H,5-6,8,10,12H2,1-4H3/b15-9?,16-11+. The second kappa shape index (κ2) is 10.8. The molecule has 0 aromatic rings. The molecule has 0 radical (unpaired) electrons. The third kappa shape index (κ3) is 11.2. The van der Waals surface area contributed by atoms with Crippen LogP contribution in [0.1, 0.15) is 53.4 Å². The van der Waals surface area contributed by atoms with Crippen molar-refractivity contribution in [1.82, 2.24) is 0 Å². The number of rotatable bonds is 9. The Bertz CT molecular complexity index is 318. The van der Waals surface area contributed by atoms with E-state index in [0.29, 0.717) is 13.1 Å². The van der Waals surface area contributed by atoms with E-state index in [1.54, 1.807) is 0 Å². The molecule has 0 heterocycles. The van der Waals surface area contributed by atoms with Crippen molar-refractivity contribution in [3.63, 3.8) is 0 Å². The van der Waals surface area contributed by atoms with E-state index in [1.807, 2.05) is 6.08 Å². The molecule has 0 aliphatic rings. The van der Waals surface area contributed by atoms with Crippen LogP contribution >= 0.6 is 0 Å². The van der Waals surface area contributed by atoms with E-state index in [-0.39, 0.29) is 0 Å². The topological polar surface area (TPSA) is 26.3 Å². The highest BCUT2D eigenvalue weighted by atomic mass is 16.5. The number of carbonyl (C=O) groups is 1. The maximum Gasteiger partial charge on any atom is 0.293 e. The molecule has 0 spiro atoms. The minimum atomic E-state index is 0.388. The molecule has 18 heavy (non-hydrogen) atoms. The number of hydrogen-bond acceptors (Lipinski definition) is 2. The largest absolute Gasteiger partial charge is 0.464 e. The molecule has 0 aromatic heterocycles. The van der Waals surface area contributed by atoms with Crippen molar-refractivity contribution >= 4 is 6.47 Å². The van der Waals surface area contributed by atoms with Crippen molar-refractivity contribution in [2.24, 2.45) is 0 Å². The fourth-order valence-corrected chi connectivity index (χ4v) is 1.57. The minimum Gasteiger partial charge on any atom is -0.464 e. The van der Waals surface area contributed by atoms with Gasteiger partial charge in [0.15, 0.2) is 0 Å². The maximum atomic E-state index is 9.97. The van der Waals surface area contributed by atoms with Crippen LogP contribution in [-0.4, -0.2) is 13.1 Å². The number of carbonyl (C=O) groups excluding carboxylic acids is 1. The number of hydrogen-bond donors (Lipinski definition) is 0. The number of ether oxygens (including phenoxy) is 1. The number of allylic oxidation sites excluding steroid dienone is 5. The van der Waals surface area contributed by atoms with E-state index in [1.165, 1.54) is 16.7 Å². The molecular weight excluding hydrogens is 224 g/mol. The molecule has 0 aromatic carbocycles. The molecule has 0 atom stereocenters. The van der Waals surface area contributed by atoms with Crippen molar-refractivity contribution in [2.75, 3.05) is 6.61 Å². The normalized spacial score (nSPS) is 12.2. The first kappa shape index (κ1) is 16.7.